The number of ether oxygens (including phenoxy) is 1. The Morgan fingerprint density at radius 2 is 1.26 bits per heavy atom. The lowest BCUT2D eigenvalue weighted by Crippen LogP contribution is -2.16. The molecule has 0 heterocycles. The minimum atomic E-state index is 0.681. The van der Waals surface area contributed by atoms with Crippen LogP contribution in [0.1, 0.15) is 93.6 Å². The van der Waals surface area contributed by atoms with Crippen LogP contribution in [-0.2, 0) is 0 Å². The number of nitrogens with zero attached hydrogens (tertiary/aromatic N) is 1. The summed E-state index contributed by atoms with van der Waals surface area (Å²) >= 11 is 0. The summed E-state index contributed by atoms with van der Waals surface area (Å²) in [5, 5.41) is 0. The normalized spacial score (nSPS) is 17.6. The monoisotopic (exact) mass is 531 g/mol. The predicted molar refractivity (Wildman–Crippen MR) is 175 cm³/mol. The molecule has 3 atom stereocenters. The molecule has 3 unspecified atom stereocenters. The topological polar surface area (TPSA) is 12.5 Å². The van der Waals surface area contributed by atoms with Crippen molar-refractivity contribution in [2.75, 3.05) is 11.5 Å². The molecule has 0 aliphatic heterocycles. The molecular formula is C37H57NO. The van der Waals surface area contributed by atoms with Gasteiger partial charge in [0.1, 0.15) is 5.75 Å². The molecule has 3 aromatic carbocycles. The van der Waals surface area contributed by atoms with Crippen LogP contribution in [0, 0.1) is 30.6 Å². The highest BCUT2D eigenvalue weighted by molar-refractivity contribution is 5.76. The second-order valence-electron chi connectivity index (χ2n) is 10.4. The molecule has 0 saturated heterocycles. The average molecular weight is 532 g/mol. The third-order valence-electron chi connectivity index (χ3n) is 7.18. The van der Waals surface area contributed by atoms with E-state index in [9.17, 15) is 0 Å². The van der Waals surface area contributed by atoms with Gasteiger partial charge in [0.2, 0.25) is 0 Å². The standard InChI is InChI=1S/C30H37NO.C3H8.2C2H6/c1-5-24-19-25(22(2)3)20-26(24)21-32-30-16-14-28(15-17-30)31(27-11-7-6-8-12-27)29-13-9-10-23(4)18-29;1-3-2;2*1-2/h6-18,22,24-26H,5,19-21H2,1-4H3;3H2,1-2H3;2*1-2H3. The minimum Gasteiger partial charge on any atom is -0.493 e. The quantitative estimate of drug-likeness (QED) is 0.286. The van der Waals surface area contributed by atoms with Gasteiger partial charge in [-0.05, 0) is 97.5 Å². The molecule has 1 saturated carbocycles. The lowest BCUT2D eigenvalue weighted by atomic mass is 9.93. The van der Waals surface area contributed by atoms with E-state index in [0.29, 0.717) is 5.92 Å². The summed E-state index contributed by atoms with van der Waals surface area (Å²) in [4.78, 5) is 2.30. The molecule has 0 radical (unpaired) electrons. The van der Waals surface area contributed by atoms with E-state index in [0.717, 1.165) is 41.5 Å². The zero-order valence-electron chi connectivity index (χ0n) is 26.7. The van der Waals surface area contributed by atoms with Gasteiger partial charge in [-0.3, -0.25) is 0 Å². The second kappa shape index (κ2) is 19.3. The maximum atomic E-state index is 6.30. The third-order valence-corrected chi connectivity index (χ3v) is 7.18. The average Bonchev–Trinajstić information content (AvgIpc) is 3.40. The van der Waals surface area contributed by atoms with Gasteiger partial charge in [0.25, 0.3) is 0 Å². The molecule has 2 heteroatoms. The van der Waals surface area contributed by atoms with Gasteiger partial charge in [-0.1, -0.05) is 105 Å². The van der Waals surface area contributed by atoms with Crippen molar-refractivity contribution in [3.8, 4) is 5.75 Å². The van der Waals surface area contributed by atoms with Crippen LogP contribution in [0.25, 0.3) is 0 Å². The SMILES string of the molecule is CC.CC.CCC.CCC1CC(C(C)C)CC1COc1ccc(N(c2ccccc2)c2cccc(C)c2)cc1. The number of hydrogen-bond acceptors (Lipinski definition) is 2. The van der Waals surface area contributed by atoms with Crippen LogP contribution in [0.3, 0.4) is 0 Å². The number of rotatable bonds is 8. The van der Waals surface area contributed by atoms with Crippen LogP contribution in [0.15, 0.2) is 78.9 Å². The Morgan fingerprint density at radius 1 is 0.718 bits per heavy atom. The molecule has 1 aliphatic carbocycles. The number of anilines is 3. The summed E-state index contributed by atoms with van der Waals surface area (Å²) in [5.41, 5.74) is 4.72. The highest BCUT2D eigenvalue weighted by Gasteiger charge is 2.34. The maximum Gasteiger partial charge on any atom is 0.119 e. The van der Waals surface area contributed by atoms with Gasteiger partial charge in [0, 0.05) is 17.1 Å². The van der Waals surface area contributed by atoms with E-state index in [1.165, 1.54) is 36.9 Å². The van der Waals surface area contributed by atoms with Gasteiger partial charge in [-0.2, -0.15) is 0 Å². The minimum absolute atomic E-state index is 0.681. The molecule has 3 aromatic rings. The van der Waals surface area contributed by atoms with E-state index >= 15 is 0 Å². The Labute approximate surface area is 241 Å². The molecule has 4 rings (SSSR count). The second-order valence-corrected chi connectivity index (χ2v) is 10.4. The lowest BCUT2D eigenvalue weighted by Gasteiger charge is -2.26. The van der Waals surface area contributed by atoms with E-state index in [2.05, 4.69) is 125 Å². The predicted octanol–water partition coefficient (Wildman–Crippen LogP) is 12.0. The van der Waals surface area contributed by atoms with Crippen molar-refractivity contribution in [3.63, 3.8) is 0 Å². The summed E-state index contributed by atoms with van der Waals surface area (Å²) in [7, 11) is 0. The molecule has 0 N–H and O–H groups in total. The Kier molecular flexibility index (Phi) is 17.0. The molecule has 0 aromatic heterocycles. The zero-order chi connectivity index (χ0) is 29.2. The summed E-state index contributed by atoms with van der Waals surface area (Å²) in [5.74, 6) is 4.08. The van der Waals surface area contributed by atoms with Gasteiger partial charge in [-0.25, -0.2) is 0 Å². The summed E-state index contributed by atoms with van der Waals surface area (Å²) in [6.45, 7) is 22.3. The van der Waals surface area contributed by atoms with Gasteiger partial charge in [-0.15, -0.1) is 0 Å². The Balaban J connectivity index is 0.000000996. The van der Waals surface area contributed by atoms with Crippen molar-refractivity contribution >= 4 is 17.1 Å². The van der Waals surface area contributed by atoms with Gasteiger partial charge < -0.3 is 9.64 Å². The largest absolute Gasteiger partial charge is 0.493 e. The molecule has 0 spiro atoms. The van der Waals surface area contributed by atoms with E-state index in [1.807, 2.05) is 27.7 Å². The molecule has 0 amide bonds. The van der Waals surface area contributed by atoms with Crippen molar-refractivity contribution in [1.29, 1.82) is 0 Å². The molecule has 1 aliphatic rings. The van der Waals surface area contributed by atoms with E-state index < -0.39 is 0 Å². The fraction of sp³-hybridized carbons (Fsp3) is 0.514. The Morgan fingerprint density at radius 3 is 1.79 bits per heavy atom. The van der Waals surface area contributed by atoms with Crippen LogP contribution >= 0.6 is 0 Å². The number of benzene rings is 3. The first-order valence-corrected chi connectivity index (χ1v) is 15.6. The number of para-hydroxylation sites is 1. The van der Waals surface area contributed by atoms with E-state index in [4.69, 9.17) is 4.74 Å². The molecule has 1 fully saturated rings. The number of hydrogen-bond donors (Lipinski definition) is 0. The lowest BCUT2D eigenvalue weighted by molar-refractivity contribution is 0.209. The Bertz CT molecular complexity index is 995. The van der Waals surface area contributed by atoms with E-state index in [-0.39, 0.29) is 0 Å². The maximum absolute atomic E-state index is 6.30. The van der Waals surface area contributed by atoms with Gasteiger partial charge in [0.15, 0.2) is 0 Å². The van der Waals surface area contributed by atoms with Crippen LogP contribution < -0.4 is 9.64 Å². The first-order chi connectivity index (χ1) is 19.0. The summed E-state index contributed by atoms with van der Waals surface area (Å²) in [6.07, 6.45) is 5.19. The highest BCUT2D eigenvalue weighted by atomic mass is 16.5. The zero-order valence-corrected chi connectivity index (χ0v) is 26.7. The molecule has 2 nitrogen and oxygen atoms in total. The Hall–Kier alpha value is -2.74. The van der Waals surface area contributed by atoms with Crippen LogP contribution in [0.4, 0.5) is 17.1 Å². The van der Waals surface area contributed by atoms with Crippen molar-refractivity contribution in [2.45, 2.75) is 94.9 Å². The highest BCUT2D eigenvalue weighted by Crippen LogP contribution is 2.42. The fourth-order valence-electron chi connectivity index (χ4n) is 5.19. The molecule has 39 heavy (non-hydrogen) atoms. The van der Waals surface area contributed by atoms with Crippen LogP contribution in [0.2, 0.25) is 0 Å². The van der Waals surface area contributed by atoms with Gasteiger partial charge in [0.05, 0.1) is 6.61 Å². The van der Waals surface area contributed by atoms with Crippen molar-refractivity contribution in [1.82, 2.24) is 0 Å². The van der Waals surface area contributed by atoms with Crippen LogP contribution in [0.5, 0.6) is 5.75 Å². The molecular weight excluding hydrogens is 474 g/mol. The summed E-state index contributed by atoms with van der Waals surface area (Å²) < 4.78 is 6.30. The number of aryl methyl sites for hydroxylation is 1. The van der Waals surface area contributed by atoms with E-state index in [1.54, 1.807) is 0 Å². The summed E-state index contributed by atoms with van der Waals surface area (Å²) in [6, 6.07) is 27.8. The smallest absolute Gasteiger partial charge is 0.119 e. The van der Waals surface area contributed by atoms with Crippen LogP contribution in [-0.4, -0.2) is 6.61 Å². The third kappa shape index (κ3) is 10.7. The van der Waals surface area contributed by atoms with Gasteiger partial charge >= 0.3 is 0 Å². The fourth-order valence-corrected chi connectivity index (χ4v) is 5.19. The van der Waals surface area contributed by atoms with Crippen molar-refractivity contribution in [3.05, 3.63) is 84.4 Å². The van der Waals surface area contributed by atoms with Crippen molar-refractivity contribution < 1.29 is 4.74 Å². The van der Waals surface area contributed by atoms with Crippen molar-refractivity contribution in [2.24, 2.45) is 23.7 Å². The molecule has 0 bridgehead atoms. The molecule has 216 valence electrons. The first kappa shape index (κ1) is 34.3. The first-order valence-electron chi connectivity index (χ1n) is 15.6.